The summed E-state index contributed by atoms with van der Waals surface area (Å²) < 4.78 is 0. The number of carbonyl (C=O) groups excluding carboxylic acids is 1. The maximum atomic E-state index is 12.1. The number of aliphatic hydroxyl groups excluding tert-OH is 1. The van der Waals surface area contributed by atoms with Crippen LogP contribution in [-0.4, -0.2) is 40.1 Å². The molecule has 2 rings (SSSR count). The number of likely N-dealkylation sites (tertiary alicyclic amines) is 1. The van der Waals surface area contributed by atoms with Crippen molar-refractivity contribution in [3.8, 4) is 0 Å². The van der Waals surface area contributed by atoms with E-state index in [1.165, 1.54) is 0 Å². The topological polar surface area (TPSA) is 53.4 Å². The van der Waals surface area contributed by atoms with Crippen molar-refractivity contribution in [1.29, 1.82) is 0 Å². The number of hydrogen-bond acceptors (Lipinski definition) is 3. The molecule has 1 saturated heterocycles. The molecule has 0 aliphatic carbocycles. The molecule has 1 N–H and O–H groups in total. The maximum absolute atomic E-state index is 12.1. The molecule has 0 unspecified atom stereocenters. The summed E-state index contributed by atoms with van der Waals surface area (Å²) in [5.74, 6) is -0.0828. The average molecular weight is 255 g/mol. The second-order valence-electron chi connectivity index (χ2n) is 4.22. The summed E-state index contributed by atoms with van der Waals surface area (Å²) in [4.78, 5) is 17.9. The van der Waals surface area contributed by atoms with Gasteiger partial charge >= 0.3 is 0 Å². The van der Waals surface area contributed by atoms with E-state index in [0.717, 1.165) is 12.1 Å². The van der Waals surface area contributed by atoms with Crippen LogP contribution in [0.25, 0.3) is 0 Å². The van der Waals surface area contributed by atoms with E-state index in [1.807, 2.05) is 6.92 Å². The van der Waals surface area contributed by atoms with E-state index in [0.29, 0.717) is 30.2 Å². The largest absolute Gasteiger partial charge is 0.391 e. The van der Waals surface area contributed by atoms with Crippen molar-refractivity contribution in [1.82, 2.24) is 9.88 Å². The smallest absolute Gasteiger partial charge is 0.254 e. The molecule has 1 aliphatic rings. The number of halogens is 1. The van der Waals surface area contributed by atoms with Crippen LogP contribution in [0, 0.1) is 0 Å². The second-order valence-corrected chi connectivity index (χ2v) is 4.60. The van der Waals surface area contributed by atoms with Crippen LogP contribution in [-0.2, 0) is 6.42 Å². The Bertz CT molecular complexity index is 437. The number of pyridine rings is 1. The van der Waals surface area contributed by atoms with Gasteiger partial charge in [-0.3, -0.25) is 4.79 Å². The quantitative estimate of drug-likeness (QED) is 0.814. The average Bonchev–Trinajstić information content (AvgIpc) is 2.74. The number of hydrogen-bond donors (Lipinski definition) is 1. The molecule has 0 aromatic carbocycles. The van der Waals surface area contributed by atoms with Crippen LogP contribution < -0.4 is 0 Å². The molecule has 5 heteroatoms. The predicted octanol–water partition coefficient (Wildman–Crippen LogP) is 1.50. The lowest BCUT2D eigenvalue weighted by Gasteiger charge is -2.15. The SMILES string of the molecule is CCc1cc(C(=O)N2CC[C@H](O)C2)cc(Cl)n1. The normalized spacial score (nSPS) is 19.7. The fourth-order valence-electron chi connectivity index (χ4n) is 1.96. The Kier molecular flexibility index (Phi) is 3.64. The van der Waals surface area contributed by atoms with Gasteiger partial charge in [0.05, 0.1) is 6.10 Å². The van der Waals surface area contributed by atoms with Gasteiger partial charge in [0.25, 0.3) is 5.91 Å². The van der Waals surface area contributed by atoms with E-state index in [4.69, 9.17) is 11.6 Å². The van der Waals surface area contributed by atoms with E-state index in [2.05, 4.69) is 4.98 Å². The molecule has 0 radical (unpaired) electrons. The Balaban J connectivity index is 2.21. The summed E-state index contributed by atoms with van der Waals surface area (Å²) in [5.41, 5.74) is 1.36. The van der Waals surface area contributed by atoms with Crippen LogP contribution >= 0.6 is 11.6 Å². The van der Waals surface area contributed by atoms with Gasteiger partial charge in [-0.05, 0) is 25.0 Å². The molecular weight excluding hydrogens is 240 g/mol. The monoisotopic (exact) mass is 254 g/mol. The van der Waals surface area contributed by atoms with E-state index in [1.54, 1.807) is 17.0 Å². The zero-order chi connectivity index (χ0) is 12.4. The second kappa shape index (κ2) is 5.02. The Morgan fingerprint density at radius 1 is 1.65 bits per heavy atom. The molecule has 1 aliphatic heterocycles. The van der Waals surface area contributed by atoms with Crippen molar-refractivity contribution >= 4 is 17.5 Å². The van der Waals surface area contributed by atoms with Crippen LogP contribution in [0.4, 0.5) is 0 Å². The Morgan fingerprint density at radius 3 is 3.00 bits per heavy atom. The predicted molar refractivity (Wildman–Crippen MR) is 65.2 cm³/mol. The van der Waals surface area contributed by atoms with Crippen LogP contribution in [0.15, 0.2) is 12.1 Å². The first-order valence-corrected chi connectivity index (χ1v) is 6.11. The van der Waals surface area contributed by atoms with Crippen LogP contribution in [0.3, 0.4) is 0 Å². The first kappa shape index (κ1) is 12.3. The summed E-state index contributed by atoms with van der Waals surface area (Å²) in [5, 5.41) is 9.76. The van der Waals surface area contributed by atoms with Crippen LogP contribution in [0.2, 0.25) is 5.15 Å². The van der Waals surface area contributed by atoms with Crippen molar-refractivity contribution in [3.63, 3.8) is 0 Å². The van der Waals surface area contributed by atoms with Gasteiger partial charge in [0.1, 0.15) is 5.15 Å². The molecule has 1 aromatic rings. The van der Waals surface area contributed by atoms with Gasteiger partial charge < -0.3 is 10.0 Å². The maximum Gasteiger partial charge on any atom is 0.254 e. The van der Waals surface area contributed by atoms with Crippen molar-refractivity contribution in [3.05, 3.63) is 28.5 Å². The third-order valence-electron chi connectivity index (χ3n) is 2.91. The molecule has 0 bridgehead atoms. The number of nitrogens with zero attached hydrogens (tertiary/aromatic N) is 2. The standard InChI is InChI=1S/C12H15ClN2O2/c1-2-9-5-8(6-11(13)14-9)12(17)15-4-3-10(16)7-15/h5-6,10,16H,2-4,7H2,1H3/t10-/m0/s1. The van der Waals surface area contributed by atoms with Crippen molar-refractivity contribution < 1.29 is 9.90 Å². The molecule has 1 atom stereocenters. The number of aryl methyl sites for hydroxylation is 1. The van der Waals surface area contributed by atoms with Crippen molar-refractivity contribution in [2.24, 2.45) is 0 Å². The summed E-state index contributed by atoms with van der Waals surface area (Å²) in [6, 6.07) is 3.34. The third kappa shape index (κ3) is 2.76. The number of rotatable bonds is 2. The number of β-amino-alcohol motifs (C(OH)–C–C–N with tert-alkyl or cyclic N) is 1. The number of amides is 1. The third-order valence-corrected chi connectivity index (χ3v) is 3.10. The molecule has 0 saturated carbocycles. The van der Waals surface area contributed by atoms with E-state index >= 15 is 0 Å². The lowest BCUT2D eigenvalue weighted by molar-refractivity contribution is 0.0764. The van der Waals surface area contributed by atoms with E-state index < -0.39 is 6.10 Å². The summed E-state index contributed by atoms with van der Waals surface area (Å²) in [6.45, 7) is 2.97. The minimum Gasteiger partial charge on any atom is -0.391 e. The molecule has 1 amide bonds. The molecule has 1 aromatic heterocycles. The highest BCUT2D eigenvalue weighted by molar-refractivity contribution is 6.29. The Hall–Kier alpha value is -1.13. The van der Waals surface area contributed by atoms with Gasteiger partial charge in [-0.1, -0.05) is 18.5 Å². The van der Waals surface area contributed by atoms with Crippen LogP contribution in [0.5, 0.6) is 0 Å². The minimum absolute atomic E-state index is 0.0828. The summed E-state index contributed by atoms with van der Waals surface area (Å²) in [6.07, 6.45) is 0.983. The number of carbonyl (C=O) groups is 1. The first-order chi connectivity index (χ1) is 8.10. The first-order valence-electron chi connectivity index (χ1n) is 5.74. The highest BCUT2D eigenvalue weighted by Crippen LogP contribution is 2.17. The molecule has 1 fully saturated rings. The van der Waals surface area contributed by atoms with Crippen molar-refractivity contribution in [2.75, 3.05) is 13.1 Å². The molecule has 92 valence electrons. The highest BCUT2D eigenvalue weighted by atomic mass is 35.5. The van der Waals surface area contributed by atoms with Gasteiger partial charge in [-0.2, -0.15) is 0 Å². The lowest BCUT2D eigenvalue weighted by Crippen LogP contribution is -2.29. The van der Waals surface area contributed by atoms with Gasteiger partial charge in [0, 0.05) is 24.3 Å². The molecule has 4 nitrogen and oxygen atoms in total. The van der Waals surface area contributed by atoms with Crippen molar-refractivity contribution in [2.45, 2.75) is 25.9 Å². The summed E-state index contributed by atoms with van der Waals surface area (Å²) in [7, 11) is 0. The van der Waals surface area contributed by atoms with Gasteiger partial charge in [0.15, 0.2) is 0 Å². The summed E-state index contributed by atoms with van der Waals surface area (Å²) >= 11 is 5.88. The zero-order valence-electron chi connectivity index (χ0n) is 9.69. The Morgan fingerprint density at radius 2 is 2.41 bits per heavy atom. The minimum atomic E-state index is -0.401. The van der Waals surface area contributed by atoms with Crippen LogP contribution in [0.1, 0.15) is 29.4 Å². The molecule has 17 heavy (non-hydrogen) atoms. The fourth-order valence-corrected chi connectivity index (χ4v) is 2.19. The van der Waals surface area contributed by atoms with Gasteiger partial charge in [-0.25, -0.2) is 4.98 Å². The number of aromatic nitrogens is 1. The van der Waals surface area contributed by atoms with Gasteiger partial charge in [0.2, 0.25) is 0 Å². The highest BCUT2D eigenvalue weighted by Gasteiger charge is 2.25. The zero-order valence-corrected chi connectivity index (χ0v) is 10.4. The fraction of sp³-hybridized carbons (Fsp3) is 0.500. The lowest BCUT2D eigenvalue weighted by atomic mass is 10.2. The molecule has 2 heterocycles. The van der Waals surface area contributed by atoms with Gasteiger partial charge in [-0.15, -0.1) is 0 Å². The number of aliphatic hydroxyl groups is 1. The van der Waals surface area contributed by atoms with E-state index in [9.17, 15) is 9.90 Å². The van der Waals surface area contributed by atoms with E-state index in [-0.39, 0.29) is 5.91 Å². The molecular formula is C12H15ClN2O2. The Labute approximate surface area is 105 Å². The molecule has 0 spiro atoms.